The van der Waals surface area contributed by atoms with Gasteiger partial charge in [-0.05, 0) is 42.7 Å². The van der Waals surface area contributed by atoms with E-state index in [9.17, 15) is 14.7 Å². The lowest BCUT2D eigenvalue weighted by Gasteiger charge is -2.18. The maximum absolute atomic E-state index is 13.0. The first-order valence-corrected chi connectivity index (χ1v) is 9.35. The van der Waals surface area contributed by atoms with Gasteiger partial charge in [-0.1, -0.05) is 38.1 Å². The van der Waals surface area contributed by atoms with Crippen LogP contribution in [0.15, 0.2) is 54.3 Å². The Morgan fingerprint density at radius 2 is 1.50 bits per heavy atom. The van der Waals surface area contributed by atoms with E-state index in [1.54, 1.807) is 48.5 Å². The van der Waals surface area contributed by atoms with Crippen LogP contribution < -0.4 is 14.4 Å². The van der Waals surface area contributed by atoms with E-state index in [1.165, 1.54) is 0 Å². The molecule has 0 aromatic heterocycles. The summed E-state index contributed by atoms with van der Waals surface area (Å²) in [6.07, 6.45) is 1.67. The number of para-hydroxylation sites is 2. The maximum atomic E-state index is 13.0. The topological polar surface area (TPSA) is 76.1 Å². The van der Waals surface area contributed by atoms with Gasteiger partial charge in [-0.25, -0.2) is 4.90 Å². The van der Waals surface area contributed by atoms with E-state index in [-0.39, 0.29) is 5.57 Å². The SMILES string of the molecule is CCCOc1ccc(C2=C(O)C(=O)N(c3ccccc3OCCC)C2=O)cc1. The van der Waals surface area contributed by atoms with Crippen molar-refractivity contribution in [3.63, 3.8) is 0 Å². The van der Waals surface area contributed by atoms with Gasteiger partial charge in [0.1, 0.15) is 11.5 Å². The Morgan fingerprint density at radius 1 is 0.857 bits per heavy atom. The molecule has 2 amide bonds. The van der Waals surface area contributed by atoms with Crippen molar-refractivity contribution in [2.75, 3.05) is 18.1 Å². The summed E-state index contributed by atoms with van der Waals surface area (Å²) in [6, 6.07) is 13.5. The van der Waals surface area contributed by atoms with E-state index in [0.29, 0.717) is 36.0 Å². The predicted molar refractivity (Wildman–Crippen MR) is 106 cm³/mol. The monoisotopic (exact) mass is 381 g/mol. The van der Waals surface area contributed by atoms with Crippen molar-refractivity contribution < 1.29 is 24.2 Å². The van der Waals surface area contributed by atoms with E-state index >= 15 is 0 Å². The normalized spacial score (nSPS) is 14.0. The van der Waals surface area contributed by atoms with Gasteiger partial charge in [0.25, 0.3) is 5.91 Å². The molecule has 0 aliphatic carbocycles. The Kier molecular flexibility index (Phi) is 5.99. The number of aliphatic hydroxyl groups is 1. The number of imide groups is 1. The van der Waals surface area contributed by atoms with Gasteiger partial charge < -0.3 is 14.6 Å². The number of hydrogen-bond donors (Lipinski definition) is 1. The fraction of sp³-hybridized carbons (Fsp3) is 0.273. The van der Waals surface area contributed by atoms with Crippen molar-refractivity contribution in [3.05, 3.63) is 59.9 Å². The lowest BCUT2D eigenvalue weighted by atomic mass is 10.1. The number of nitrogens with zero attached hydrogens (tertiary/aromatic N) is 1. The van der Waals surface area contributed by atoms with Crippen LogP contribution in [0.3, 0.4) is 0 Å². The average Bonchev–Trinajstić information content (AvgIpc) is 2.94. The molecular weight excluding hydrogens is 358 g/mol. The van der Waals surface area contributed by atoms with Crippen LogP contribution in [0.25, 0.3) is 5.57 Å². The van der Waals surface area contributed by atoms with Crippen molar-refractivity contribution in [1.29, 1.82) is 0 Å². The summed E-state index contributed by atoms with van der Waals surface area (Å²) in [5.41, 5.74) is 0.738. The fourth-order valence-corrected chi connectivity index (χ4v) is 2.91. The van der Waals surface area contributed by atoms with Gasteiger partial charge in [0.15, 0.2) is 5.76 Å². The van der Waals surface area contributed by atoms with Gasteiger partial charge in [0.2, 0.25) is 0 Å². The van der Waals surface area contributed by atoms with Crippen molar-refractivity contribution in [2.24, 2.45) is 0 Å². The van der Waals surface area contributed by atoms with Gasteiger partial charge in [0.05, 0.1) is 24.5 Å². The molecule has 1 aliphatic rings. The zero-order chi connectivity index (χ0) is 20.1. The second kappa shape index (κ2) is 8.61. The zero-order valence-electron chi connectivity index (χ0n) is 16.0. The minimum Gasteiger partial charge on any atom is -0.502 e. The molecule has 3 rings (SSSR count). The first-order chi connectivity index (χ1) is 13.6. The second-order valence-electron chi connectivity index (χ2n) is 6.36. The summed E-state index contributed by atoms with van der Waals surface area (Å²) in [7, 11) is 0. The van der Waals surface area contributed by atoms with Crippen LogP contribution >= 0.6 is 0 Å². The van der Waals surface area contributed by atoms with Crippen molar-refractivity contribution in [2.45, 2.75) is 26.7 Å². The highest BCUT2D eigenvalue weighted by atomic mass is 16.5. The zero-order valence-corrected chi connectivity index (χ0v) is 16.0. The first kappa shape index (κ1) is 19.5. The third-order valence-corrected chi connectivity index (χ3v) is 4.24. The number of carbonyl (C=O) groups excluding carboxylic acids is 2. The molecule has 0 saturated heterocycles. The first-order valence-electron chi connectivity index (χ1n) is 9.35. The number of rotatable bonds is 8. The molecule has 6 heteroatoms. The molecule has 0 spiro atoms. The van der Waals surface area contributed by atoms with Crippen LogP contribution in [0.5, 0.6) is 11.5 Å². The van der Waals surface area contributed by atoms with Crippen molar-refractivity contribution in [1.82, 2.24) is 0 Å². The predicted octanol–water partition coefficient (Wildman–Crippen LogP) is 4.11. The third-order valence-electron chi connectivity index (χ3n) is 4.24. The van der Waals surface area contributed by atoms with Crippen LogP contribution in [-0.4, -0.2) is 30.1 Å². The van der Waals surface area contributed by atoms with Crippen molar-refractivity contribution >= 4 is 23.1 Å². The van der Waals surface area contributed by atoms with Gasteiger partial charge in [-0.15, -0.1) is 0 Å². The van der Waals surface area contributed by atoms with Gasteiger partial charge in [-0.3, -0.25) is 9.59 Å². The van der Waals surface area contributed by atoms with Gasteiger partial charge in [0, 0.05) is 0 Å². The average molecular weight is 381 g/mol. The Balaban J connectivity index is 1.91. The van der Waals surface area contributed by atoms with E-state index < -0.39 is 17.6 Å². The lowest BCUT2D eigenvalue weighted by Crippen LogP contribution is -2.32. The molecule has 146 valence electrons. The largest absolute Gasteiger partial charge is 0.502 e. The Morgan fingerprint density at radius 3 is 2.18 bits per heavy atom. The summed E-state index contributed by atoms with van der Waals surface area (Å²) < 4.78 is 11.2. The third kappa shape index (κ3) is 3.71. The molecule has 6 nitrogen and oxygen atoms in total. The molecule has 0 radical (unpaired) electrons. The molecular formula is C22H23NO5. The molecule has 28 heavy (non-hydrogen) atoms. The Bertz CT molecular complexity index is 901. The fourth-order valence-electron chi connectivity index (χ4n) is 2.91. The summed E-state index contributed by atoms with van der Waals surface area (Å²) in [6.45, 7) is 5.02. The summed E-state index contributed by atoms with van der Waals surface area (Å²) in [5.74, 6) is -0.838. The number of ether oxygens (including phenoxy) is 2. The van der Waals surface area contributed by atoms with Gasteiger partial charge in [-0.2, -0.15) is 0 Å². The molecule has 1 aliphatic heterocycles. The molecule has 0 atom stereocenters. The maximum Gasteiger partial charge on any atom is 0.301 e. The highest BCUT2D eigenvalue weighted by molar-refractivity contribution is 6.45. The van der Waals surface area contributed by atoms with Crippen LogP contribution in [0, 0.1) is 0 Å². The van der Waals surface area contributed by atoms with E-state index in [1.807, 2.05) is 13.8 Å². The number of anilines is 1. The van der Waals surface area contributed by atoms with Crippen LogP contribution in [0.2, 0.25) is 0 Å². The van der Waals surface area contributed by atoms with Crippen LogP contribution in [-0.2, 0) is 9.59 Å². The minimum absolute atomic E-state index is 0.0302. The molecule has 0 fully saturated rings. The van der Waals surface area contributed by atoms with Crippen LogP contribution in [0.1, 0.15) is 32.3 Å². The molecule has 2 aromatic rings. The second-order valence-corrected chi connectivity index (χ2v) is 6.36. The van der Waals surface area contributed by atoms with Crippen LogP contribution in [0.4, 0.5) is 5.69 Å². The number of amides is 2. The molecule has 1 heterocycles. The summed E-state index contributed by atoms with van der Waals surface area (Å²) in [5, 5.41) is 10.4. The van der Waals surface area contributed by atoms with E-state index in [4.69, 9.17) is 9.47 Å². The van der Waals surface area contributed by atoms with E-state index in [0.717, 1.165) is 17.7 Å². The highest BCUT2D eigenvalue weighted by Gasteiger charge is 2.41. The number of carbonyl (C=O) groups is 2. The lowest BCUT2D eigenvalue weighted by molar-refractivity contribution is -0.121. The highest BCUT2D eigenvalue weighted by Crippen LogP contribution is 2.37. The molecule has 0 unspecified atom stereocenters. The minimum atomic E-state index is -0.765. The quantitative estimate of drug-likeness (QED) is 0.697. The summed E-state index contributed by atoms with van der Waals surface area (Å²) in [4.78, 5) is 26.6. The summed E-state index contributed by atoms with van der Waals surface area (Å²) >= 11 is 0. The number of hydrogen-bond acceptors (Lipinski definition) is 5. The van der Waals surface area contributed by atoms with E-state index in [2.05, 4.69) is 0 Å². The molecule has 2 aromatic carbocycles. The van der Waals surface area contributed by atoms with Crippen molar-refractivity contribution in [3.8, 4) is 11.5 Å². The number of aliphatic hydroxyl groups excluding tert-OH is 1. The standard InChI is InChI=1S/C22H23NO5/c1-3-13-27-16-11-9-15(10-12-16)19-20(24)22(26)23(21(19)25)17-7-5-6-8-18(17)28-14-4-2/h5-12,24H,3-4,13-14H2,1-2H3. The van der Waals surface area contributed by atoms with Gasteiger partial charge >= 0.3 is 5.91 Å². The molecule has 0 saturated carbocycles. The Labute approximate surface area is 164 Å². The smallest absolute Gasteiger partial charge is 0.301 e. The Hall–Kier alpha value is -3.28. The number of benzene rings is 2. The molecule has 0 bridgehead atoms. The molecule has 1 N–H and O–H groups in total.